The van der Waals surface area contributed by atoms with Gasteiger partial charge >= 0.3 is 5.97 Å². The quantitative estimate of drug-likeness (QED) is 0.618. The van der Waals surface area contributed by atoms with Gasteiger partial charge in [0.25, 0.3) is 0 Å². The molecule has 0 bridgehead atoms. The van der Waals surface area contributed by atoms with Crippen molar-refractivity contribution in [2.75, 3.05) is 0 Å². The number of aliphatic hydroxyl groups excluding tert-OH is 1. The van der Waals surface area contributed by atoms with E-state index in [1.54, 1.807) is 31.9 Å². The summed E-state index contributed by atoms with van der Waals surface area (Å²) in [5.41, 5.74) is 0.396. The molecule has 1 N–H and O–H groups in total. The van der Waals surface area contributed by atoms with E-state index in [0.717, 1.165) is 5.56 Å². The van der Waals surface area contributed by atoms with E-state index in [-0.39, 0.29) is 10.7 Å². The van der Waals surface area contributed by atoms with E-state index < -0.39 is 17.7 Å². The lowest BCUT2D eigenvalue weighted by Gasteiger charge is -2.30. The summed E-state index contributed by atoms with van der Waals surface area (Å²) in [6.45, 7) is 5.78. The Hall–Kier alpha value is -1.30. The molecule has 124 valence electrons. The summed E-state index contributed by atoms with van der Waals surface area (Å²) in [5.74, 6) is -0.627. The molecule has 1 aromatic carbocycles. The van der Waals surface area contributed by atoms with Gasteiger partial charge in [0.05, 0.1) is 0 Å². The molecule has 1 aromatic rings. The number of aliphatic hydroxyl groups is 1. The van der Waals surface area contributed by atoms with Crippen LogP contribution in [0.25, 0.3) is 0 Å². The van der Waals surface area contributed by atoms with Crippen molar-refractivity contribution >= 4 is 33.5 Å². The number of benzene rings is 1. The predicted molar refractivity (Wildman–Crippen MR) is 93.7 cm³/mol. The van der Waals surface area contributed by atoms with Crippen LogP contribution in [0.2, 0.25) is 0 Å². The molecular weight excluding hydrogens is 382 g/mol. The van der Waals surface area contributed by atoms with Crippen LogP contribution in [0.3, 0.4) is 0 Å². The van der Waals surface area contributed by atoms with Crippen LogP contribution in [0.1, 0.15) is 26.3 Å². The fraction of sp³-hybridized carbons (Fsp3) is 0.353. The molecule has 1 aliphatic heterocycles. The molecule has 0 saturated heterocycles. The summed E-state index contributed by atoms with van der Waals surface area (Å²) in [7, 11) is 0. The SMILES string of the molecule is CC(C)(C)OC(=O)C1=C(Cl)N(Cc2ccccc2)C=C(Br)C1O. The Labute approximate surface area is 149 Å². The fourth-order valence-electron chi connectivity index (χ4n) is 2.11. The Bertz CT molecular complexity index is 650. The van der Waals surface area contributed by atoms with Crippen molar-refractivity contribution in [3.63, 3.8) is 0 Å². The Morgan fingerprint density at radius 1 is 1.35 bits per heavy atom. The van der Waals surface area contributed by atoms with Crippen molar-refractivity contribution in [1.82, 2.24) is 4.90 Å². The number of carbonyl (C=O) groups is 1. The van der Waals surface area contributed by atoms with Gasteiger partial charge in [0.2, 0.25) is 0 Å². The minimum atomic E-state index is -1.13. The number of hydrogen-bond acceptors (Lipinski definition) is 4. The predicted octanol–water partition coefficient (Wildman–Crippen LogP) is 3.89. The van der Waals surface area contributed by atoms with E-state index in [1.807, 2.05) is 30.3 Å². The Morgan fingerprint density at radius 3 is 2.52 bits per heavy atom. The van der Waals surface area contributed by atoms with E-state index in [9.17, 15) is 9.90 Å². The standard InChI is InChI=1S/C17H19BrClNO3/c1-17(2,3)23-16(22)13-14(21)12(18)10-20(15(13)19)9-11-7-5-4-6-8-11/h4-8,10,14,21H,9H2,1-3H3. The Balaban J connectivity index is 2.31. The molecule has 0 fully saturated rings. The van der Waals surface area contributed by atoms with Gasteiger partial charge in [0.1, 0.15) is 22.4 Å². The van der Waals surface area contributed by atoms with Crippen molar-refractivity contribution < 1.29 is 14.6 Å². The van der Waals surface area contributed by atoms with E-state index >= 15 is 0 Å². The lowest BCUT2D eigenvalue weighted by Crippen LogP contribution is -2.34. The lowest BCUT2D eigenvalue weighted by atomic mass is 10.1. The van der Waals surface area contributed by atoms with Gasteiger partial charge in [-0.2, -0.15) is 0 Å². The van der Waals surface area contributed by atoms with Gasteiger partial charge in [0.15, 0.2) is 0 Å². The monoisotopic (exact) mass is 399 g/mol. The summed E-state index contributed by atoms with van der Waals surface area (Å²) in [5, 5.41) is 10.4. The first-order valence-corrected chi connectivity index (χ1v) is 8.35. The smallest absolute Gasteiger partial charge is 0.340 e. The molecule has 4 nitrogen and oxygen atoms in total. The van der Waals surface area contributed by atoms with Crippen LogP contribution in [0, 0.1) is 0 Å². The molecule has 1 unspecified atom stereocenters. The second-order valence-corrected chi connectivity index (χ2v) is 7.51. The van der Waals surface area contributed by atoms with Gasteiger partial charge in [0, 0.05) is 17.2 Å². The topological polar surface area (TPSA) is 49.8 Å². The number of carbonyl (C=O) groups excluding carboxylic acids is 1. The average Bonchev–Trinajstić information content (AvgIpc) is 2.44. The largest absolute Gasteiger partial charge is 0.456 e. The maximum atomic E-state index is 12.4. The summed E-state index contributed by atoms with van der Waals surface area (Å²) < 4.78 is 5.81. The van der Waals surface area contributed by atoms with E-state index in [1.165, 1.54) is 0 Å². The molecule has 23 heavy (non-hydrogen) atoms. The van der Waals surface area contributed by atoms with Crippen LogP contribution in [0.15, 0.2) is 51.7 Å². The van der Waals surface area contributed by atoms with E-state index in [2.05, 4.69) is 15.9 Å². The average molecular weight is 401 g/mol. The molecule has 1 aliphatic rings. The van der Waals surface area contributed by atoms with Crippen molar-refractivity contribution in [2.24, 2.45) is 0 Å². The molecule has 0 aliphatic carbocycles. The second kappa shape index (κ2) is 7.07. The first-order chi connectivity index (χ1) is 10.7. The summed E-state index contributed by atoms with van der Waals surface area (Å²) in [4.78, 5) is 14.1. The van der Waals surface area contributed by atoms with Crippen LogP contribution < -0.4 is 0 Å². The third-order valence-electron chi connectivity index (χ3n) is 3.10. The second-order valence-electron chi connectivity index (χ2n) is 6.24. The molecule has 0 radical (unpaired) electrons. The van der Waals surface area contributed by atoms with Crippen LogP contribution in [-0.4, -0.2) is 27.7 Å². The summed E-state index contributed by atoms with van der Waals surface area (Å²) in [6, 6.07) is 9.71. The number of esters is 1. The first kappa shape index (κ1) is 18.0. The normalized spacial score (nSPS) is 18.8. The molecule has 0 amide bonds. The van der Waals surface area contributed by atoms with Gasteiger partial charge in [-0.3, -0.25) is 0 Å². The van der Waals surface area contributed by atoms with Gasteiger partial charge < -0.3 is 14.7 Å². The van der Waals surface area contributed by atoms with E-state index in [4.69, 9.17) is 16.3 Å². The van der Waals surface area contributed by atoms with Gasteiger partial charge in [-0.05, 0) is 26.3 Å². The minimum absolute atomic E-state index is 0.0342. The molecule has 6 heteroatoms. The van der Waals surface area contributed by atoms with Gasteiger partial charge in [-0.25, -0.2) is 4.79 Å². The molecule has 0 saturated carbocycles. The zero-order valence-electron chi connectivity index (χ0n) is 13.2. The van der Waals surface area contributed by atoms with Crippen LogP contribution in [-0.2, 0) is 16.1 Å². The van der Waals surface area contributed by atoms with Crippen LogP contribution >= 0.6 is 27.5 Å². The van der Waals surface area contributed by atoms with E-state index in [0.29, 0.717) is 11.0 Å². The molecule has 0 spiro atoms. The van der Waals surface area contributed by atoms with Crippen molar-refractivity contribution in [1.29, 1.82) is 0 Å². The minimum Gasteiger partial charge on any atom is -0.456 e. The number of nitrogens with zero attached hydrogens (tertiary/aromatic N) is 1. The molecule has 2 rings (SSSR count). The maximum Gasteiger partial charge on any atom is 0.340 e. The Kier molecular flexibility index (Phi) is 5.55. The highest BCUT2D eigenvalue weighted by atomic mass is 79.9. The van der Waals surface area contributed by atoms with Crippen molar-refractivity contribution in [3.8, 4) is 0 Å². The highest BCUT2D eigenvalue weighted by molar-refractivity contribution is 9.11. The maximum absolute atomic E-state index is 12.4. The zero-order valence-corrected chi connectivity index (χ0v) is 15.6. The third kappa shape index (κ3) is 4.59. The molecular formula is C17H19BrClNO3. The number of ether oxygens (including phenoxy) is 1. The molecule has 1 atom stereocenters. The first-order valence-electron chi connectivity index (χ1n) is 7.18. The summed E-state index contributed by atoms with van der Waals surface area (Å²) in [6.07, 6.45) is 0.540. The van der Waals surface area contributed by atoms with Gasteiger partial charge in [-0.15, -0.1) is 0 Å². The van der Waals surface area contributed by atoms with Crippen molar-refractivity contribution in [3.05, 3.63) is 57.3 Å². The van der Waals surface area contributed by atoms with Gasteiger partial charge in [-0.1, -0.05) is 57.9 Å². The Morgan fingerprint density at radius 2 is 1.96 bits per heavy atom. The van der Waals surface area contributed by atoms with Crippen LogP contribution in [0.5, 0.6) is 0 Å². The van der Waals surface area contributed by atoms with Crippen LogP contribution in [0.4, 0.5) is 0 Å². The summed E-state index contributed by atoms with van der Waals surface area (Å²) >= 11 is 9.65. The van der Waals surface area contributed by atoms with Crippen molar-refractivity contribution in [2.45, 2.75) is 39.0 Å². The zero-order chi connectivity index (χ0) is 17.2. The third-order valence-corrected chi connectivity index (χ3v) is 4.16. The molecule has 0 aromatic heterocycles. The highest BCUT2D eigenvalue weighted by Gasteiger charge is 2.34. The number of halogens is 2. The number of rotatable bonds is 3. The fourth-order valence-corrected chi connectivity index (χ4v) is 2.87. The molecule has 1 heterocycles. The number of hydrogen-bond donors (Lipinski definition) is 1. The lowest BCUT2D eigenvalue weighted by molar-refractivity contribution is -0.151. The highest BCUT2D eigenvalue weighted by Crippen LogP contribution is 2.33.